The van der Waals surface area contributed by atoms with E-state index in [1.807, 2.05) is 12.3 Å². The predicted molar refractivity (Wildman–Crippen MR) is 80.8 cm³/mol. The lowest BCUT2D eigenvalue weighted by atomic mass is 9.75. The summed E-state index contributed by atoms with van der Waals surface area (Å²) in [6, 6.07) is 2.49. The third-order valence-electron chi connectivity index (χ3n) is 4.05. The summed E-state index contributed by atoms with van der Waals surface area (Å²) in [6.07, 6.45) is 6.81. The summed E-state index contributed by atoms with van der Waals surface area (Å²) in [7, 11) is 2.11. The van der Waals surface area contributed by atoms with Gasteiger partial charge in [-0.1, -0.05) is 13.8 Å². The van der Waals surface area contributed by atoms with Gasteiger partial charge in [-0.05, 0) is 53.1 Å². The predicted octanol–water partition coefficient (Wildman–Crippen LogP) is 3.83. The van der Waals surface area contributed by atoms with Crippen LogP contribution in [0.3, 0.4) is 0 Å². The van der Waals surface area contributed by atoms with E-state index in [4.69, 9.17) is 5.73 Å². The van der Waals surface area contributed by atoms with Crippen LogP contribution < -0.4 is 10.6 Å². The highest BCUT2D eigenvalue weighted by molar-refractivity contribution is 9.10. The Hall–Kier alpha value is -0.770. The molecule has 2 N–H and O–H groups in total. The maximum atomic E-state index is 6.05. The van der Waals surface area contributed by atoms with Crippen LogP contribution in [-0.2, 0) is 0 Å². The molecule has 100 valence electrons. The van der Waals surface area contributed by atoms with E-state index in [0.717, 1.165) is 16.0 Å². The van der Waals surface area contributed by atoms with E-state index >= 15 is 0 Å². The summed E-state index contributed by atoms with van der Waals surface area (Å²) in [4.78, 5) is 6.69. The van der Waals surface area contributed by atoms with Crippen LogP contribution in [0.2, 0.25) is 0 Å². The maximum absolute atomic E-state index is 6.05. The van der Waals surface area contributed by atoms with Crippen molar-refractivity contribution in [2.24, 2.45) is 5.41 Å². The molecule has 3 nitrogen and oxygen atoms in total. The summed E-state index contributed by atoms with van der Waals surface area (Å²) >= 11 is 3.40. The Balaban J connectivity index is 2.10. The van der Waals surface area contributed by atoms with Crippen molar-refractivity contribution in [3.63, 3.8) is 0 Å². The Labute approximate surface area is 118 Å². The second kappa shape index (κ2) is 5.08. The lowest BCUT2D eigenvalue weighted by Gasteiger charge is -2.39. The third kappa shape index (κ3) is 2.97. The largest absolute Gasteiger partial charge is 0.396 e. The van der Waals surface area contributed by atoms with Crippen molar-refractivity contribution in [2.75, 3.05) is 17.7 Å². The zero-order valence-corrected chi connectivity index (χ0v) is 13.0. The fraction of sp³-hybridized carbons (Fsp3) is 0.643. The molecule has 0 unspecified atom stereocenters. The van der Waals surface area contributed by atoms with Gasteiger partial charge in [0.05, 0.1) is 5.69 Å². The number of halogens is 1. The quantitative estimate of drug-likeness (QED) is 0.902. The molecule has 4 heteroatoms. The normalized spacial score (nSPS) is 19.8. The van der Waals surface area contributed by atoms with E-state index in [2.05, 4.69) is 46.7 Å². The SMILES string of the molecule is CN(c1ncc(Br)cc1N)C1CCC(C)(C)CC1. The molecule has 0 amide bonds. The zero-order valence-electron chi connectivity index (χ0n) is 11.4. The van der Waals surface area contributed by atoms with Crippen LogP contribution >= 0.6 is 15.9 Å². The first-order valence-electron chi connectivity index (χ1n) is 6.53. The van der Waals surface area contributed by atoms with Crippen LogP contribution in [0.4, 0.5) is 11.5 Å². The van der Waals surface area contributed by atoms with Crippen LogP contribution in [0.1, 0.15) is 39.5 Å². The van der Waals surface area contributed by atoms with Crippen LogP contribution in [0.5, 0.6) is 0 Å². The monoisotopic (exact) mass is 311 g/mol. The minimum Gasteiger partial charge on any atom is -0.396 e. The first-order valence-corrected chi connectivity index (χ1v) is 7.32. The molecule has 1 saturated carbocycles. The fourth-order valence-electron chi connectivity index (χ4n) is 2.69. The van der Waals surface area contributed by atoms with Gasteiger partial charge in [0.2, 0.25) is 0 Å². The molecule has 0 radical (unpaired) electrons. The van der Waals surface area contributed by atoms with Gasteiger partial charge in [0, 0.05) is 23.8 Å². The highest BCUT2D eigenvalue weighted by Gasteiger charge is 2.29. The molecule has 18 heavy (non-hydrogen) atoms. The molecule has 1 aromatic rings. The Morgan fingerprint density at radius 1 is 1.39 bits per heavy atom. The third-order valence-corrected chi connectivity index (χ3v) is 4.49. The summed E-state index contributed by atoms with van der Waals surface area (Å²) in [5.41, 5.74) is 7.29. The second-order valence-electron chi connectivity index (χ2n) is 6.07. The highest BCUT2D eigenvalue weighted by Crippen LogP contribution is 2.38. The van der Waals surface area contributed by atoms with Crippen molar-refractivity contribution < 1.29 is 0 Å². The second-order valence-corrected chi connectivity index (χ2v) is 6.99. The van der Waals surface area contributed by atoms with Crippen LogP contribution in [-0.4, -0.2) is 18.1 Å². The van der Waals surface area contributed by atoms with E-state index in [9.17, 15) is 0 Å². The average molecular weight is 312 g/mol. The molecular formula is C14H22BrN3. The first-order chi connectivity index (χ1) is 8.39. The van der Waals surface area contributed by atoms with Crippen molar-refractivity contribution in [2.45, 2.75) is 45.6 Å². The number of rotatable bonds is 2. The van der Waals surface area contributed by atoms with E-state index in [1.54, 1.807) is 0 Å². The number of nitrogens with zero attached hydrogens (tertiary/aromatic N) is 2. The summed E-state index contributed by atoms with van der Waals surface area (Å²) < 4.78 is 0.932. The molecule has 1 heterocycles. The number of nitrogen functional groups attached to an aromatic ring is 1. The Bertz CT molecular complexity index is 421. The zero-order chi connectivity index (χ0) is 13.3. The van der Waals surface area contributed by atoms with Gasteiger partial charge in [-0.25, -0.2) is 4.98 Å². The van der Waals surface area contributed by atoms with Gasteiger partial charge in [0.1, 0.15) is 0 Å². The molecule has 0 spiro atoms. The van der Waals surface area contributed by atoms with Gasteiger partial charge < -0.3 is 10.6 Å². The molecule has 0 atom stereocenters. The number of pyridine rings is 1. The van der Waals surface area contributed by atoms with Gasteiger partial charge >= 0.3 is 0 Å². The van der Waals surface area contributed by atoms with Crippen molar-refractivity contribution in [1.82, 2.24) is 4.98 Å². The van der Waals surface area contributed by atoms with Gasteiger partial charge in [-0.15, -0.1) is 0 Å². The number of nitrogens with two attached hydrogens (primary N) is 1. The average Bonchev–Trinajstić information content (AvgIpc) is 2.28. The van der Waals surface area contributed by atoms with Crippen LogP contribution in [0, 0.1) is 5.41 Å². The first kappa shape index (κ1) is 13.7. The molecular weight excluding hydrogens is 290 g/mol. The van der Waals surface area contributed by atoms with Crippen molar-refractivity contribution in [3.05, 3.63) is 16.7 Å². The van der Waals surface area contributed by atoms with Crippen LogP contribution in [0.15, 0.2) is 16.7 Å². The van der Waals surface area contributed by atoms with Crippen molar-refractivity contribution in [1.29, 1.82) is 0 Å². The number of hydrogen-bond acceptors (Lipinski definition) is 3. The topological polar surface area (TPSA) is 42.2 Å². The van der Waals surface area contributed by atoms with Gasteiger partial charge in [0.25, 0.3) is 0 Å². The molecule has 1 fully saturated rings. The molecule has 2 rings (SSSR count). The maximum Gasteiger partial charge on any atom is 0.151 e. The summed E-state index contributed by atoms with van der Waals surface area (Å²) in [5, 5.41) is 0. The van der Waals surface area contributed by atoms with Crippen molar-refractivity contribution in [3.8, 4) is 0 Å². The van der Waals surface area contributed by atoms with Gasteiger partial charge in [-0.2, -0.15) is 0 Å². The fourth-order valence-corrected chi connectivity index (χ4v) is 3.04. The van der Waals surface area contributed by atoms with Crippen molar-refractivity contribution >= 4 is 27.4 Å². The number of anilines is 2. The van der Waals surface area contributed by atoms with Gasteiger partial charge in [0.15, 0.2) is 5.82 Å². The highest BCUT2D eigenvalue weighted by atomic mass is 79.9. The molecule has 0 bridgehead atoms. The molecule has 1 aliphatic rings. The van der Waals surface area contributed by atoms with Gasteiger partial charge in [-0.3, -0.25) is 0 Å². The Morgan fingerprint density at radius 3 is 2.56 bits per heavy atom. The van der Waals surface area contributed by atoms with E-state index < -0.39 is 0 Å². The smallest absolute Gasteiger partial charge is 0.151 e. The van der Waals surface area contributed by atoms with E-state index in [1.165, 1.54) is 25.7 Å². The molecule has 1 aromatic heterocycles. The lowest BCUT2D eigenvalue weighted by Crippen LogP contribution is -2.38. The molecule has 0 aliphatic heterocycles. The minimum atomic E-state index is 0.496. The van der Waals surface area contributed by atoms with Crippen LogP contribution in [0.25, 0.3) is 0 Å². The Morgan fingerprint density at radius 2 is 2.00 bits per heavy atom. The number of aromatic nitrogens is 1. The summed E-state index contributed by atoms with van der Waals surface area (Å²) in [6.45, 7) is 4.71. The lowest BCUT2D eigenvalue weighted by molar-refractivity contribution is 0.222. The molecule has 0 saturated heterocycles. The van der Waals surface area contributed by atoms with E-state index in [-0.39, 0.29) is 0 Å². The number of hydrogen-bond donors (Lipinski definition) is 1. The summed E-state index contributed by atoms with van der Waals surface area (Å²) in [5.74, 6) is 0.905. The van der Waals surface area contributed by atoms with E-state index in [0.29, 0.717) is 11.5 Å². The molecule has 0 aromatic carbocycles. The Kier molecular flexibility index (Phi) is 3.85. The standard InChI is InChI=1S/C14H22BrN3/c1-14(2)6-4-11(5-7-14)18(3)13-12(16)8-10(15)9-17-13/h8-9,11H,4-7,16H2,1-3H3. The minimum absolute atomic E-state index is 0.496. The molecule has 1 aliphatic carbocycles.